The molecule has 0 aliphatic rings. The normalized spacial score (nSPS) is 9.95. The number of phenolic OH excluding ortho intramolecular Hbond substituents is 1. The number of ether oxygens (including phenoxy) is 1. The van der Waals surface area contributed by atoms with Gasteiger partial charge in [-0.05, 0) is 29.8 Å². The Morgan fingerprint density at radius 1 is 1.21 bits per heavy atom. The van der Waals surface area contributed by atoms with Crippen LogP contribution in [0.3, 0.4) is 0 Å². The highest BCUT2D eigenvalue weighted by Crippen LogP contribution is 2.18. The summed E-state index contributed by atoms with van der Waals surface area (Å²) in [5, 5.41) is 12.5. The van der Waals surface area contributed by atoms with Crippen LogP contribution in [0.25, 0.3) is 0 Å². The van der Waals surface area contributed by atoms with E-state index in [1.54, 1.807) is 30.3 Å². The molecule has 19 heavy (non-hydrogen) atoms. The lowest BCUT2D eigenvalue weighted by Crippen LogP contribution is -2.08. The van der Waals surface area contributed by atoms with Gasteiger partial charge in [0.25, 0.3) is 0 Å². The monoisotopic (exact) mass is 257 g/mol. The van der Waals surface area contributed by atoms with Crippen molar-refractivity contribution in [1.82, 2.24) is 0 Å². The van der Waals surface area contributed by atoms with Crippen LogP contribution in [0, 0.1) is 0 Å². The Morgan fingerprint density at radius 3 is 2.74 bits per heavy atom. The molecule has 2 aromatic carbocycles. The first-order valence-corrected chi connectivity index (χ1v) is 5.90. The van der Waals surface area contributed by atoms with Crippen molar-refractivity contribution in [2.75, 3.05) is 12.4 Å². The topological polar surface area (TPSA) is 58.6 Å². The van der Waals surface area contributed by atoms with Gasteiger partial charge >= 0.3 is 5.97 Å². The SMILES string of the molecule is COC(=O)c1ccccc1NCc1cccc(O)c1. The maximum Gasteiger partial charge on any atom is 0.339 e. The lowest BCUT2D eigenvalue weighted by atomic mass is 10.1. The average Bonchev–Trinajstić information content (AvgIpc) is 2.45. The van der Waals surface area contributed by atoms with Crippen LogP contribution in [0.4, 0.5) is 5.69 Å². The van der Waals surface area contributed by atoms with E-state index in [1.807, 2.05) is 18.2 Å². The summed E-state index contributed by atoms with van der Waals surface area (Å²) in [7, 11) is 1.36. The quantitative estimate of drug-likeness (QED) is 0.827. The van der Waals surface area contributed by atoms with E-state index in [2.05, 4.69) is 5.32 Å². The van der Waals surface area contributed by atoms with Crippen LogP contribution in [0.15, 0.2) is 48.5 Å². The zero-order valence-corrected chi connectivity index (χ0v) is 10.6. The van der Waals surface area contributed by atoms with E-state index in [0.29, 0.717) is 17.8 Å². The minimum absolute atomic E-state index is 0.223. The molecule has 0 amide bonds. The van der Waals surface area contributed by atoms with Crippen LogP contribution in [0.5, 0.6) is 5.75 Å². The minimum Gasteiger partial charge on any atom is -0.508 e. The van der Waals surface area contributed by atoms with E-state index < -0.39 is 0 Å². The van der Waals surface area contributed by atoms with Crippen molar-refractivity contribution in [3.63, 3.8) is 0 Å². The van der Waals surface area contributed by atoms with Crippen molar-refractivity contribution in [2.45, 2.75) is 6.54 Å². The molecule has 2 rings (SSSR count). The number of benzene rings is 2. The number of anilines is 1. The minimum atomic E-state index is -0.376. The Morgan fingerprint density at radius 2 is 2.00 bits per heavy atom. The summed E-state index contributed by atoms with van der Waals surface area (Å²) in [6, 6.07) is 14.1. The third-order valence-electron chi connectivity index (χ3n) is 2.73. The van der Waals surface area contributed by atoms with Crippen molar-refractivity contribution < 1.29 is 14.6 Å². The lowest BCUT2D eigenvalue weighted by Gasteiger charge is -2.10. The van der Waals surface area contributed by atoms with Gasteiger partial charge in [0.15, 0.2) is 0 Å². The Labute approximate surface area is 111 Å². The third-order valence-corrected chi connectivity index (χ3v) is 2.73. The molecule has 0 radical (unpaired) electrons. The molecule has 0 aliphatic heterocycles. The second kappa shape index (κ2) is 5.91. The number of hydrogen-bond acceptors (Lipinski definition) is 4. The number of hydrogen-bond donors (Lipinski definition) is 2. The summed E-state index contributed by atoms with van der Waals surface area (Å²) in [6.07, 6.45) is 0. The summed E-state index contributed by atoms with van der Waals surface area (Å²) in [6.45, 7) is 0.516. The van der Waals surface area contributed by atoms with Gasteiger partial charge in [0.2, 0.25) is 0 Å². The Hall–Kier alpha value is -2.49. The summed E-state index contributed by atoms with van der Waals surface area (Å²) in [5.41, 5.74) is 2.13. The number of para-hydroxylation sites is 1. The van der Waals surface area contributed by atoms with Crippen LogP contribution < -0.4 is 5.32 Å². The van der Waals surface area contributed by atoms with E-state index in [1.165, 1.54) is 7.11 Å². The number of carbonyl (C=O) groups is 1. The number of carbonyl (C=O) groups excluding carboxylic acids is 1. The molecule has 98 valence electrons. The highest BCUT2D eigenvalue weighted by atomic mass is 16.5. The molecule has 2 N–H and O–H groups in total. The molecule has 0 fully saturated rings. The van der Waals surface area contributed by atoms with E-state index in [4.69, 9.17) is 4.74 Å². The first kappa shape index (κ1) is 13.0. The fourth-order valence-corrected chi connectivity index (χ4v) is 1.79. The summed E-state index contributed by atoms with van der Waals surface area (Å²) in [4.78, 5) is 11.6. The lowest BCUT2D eigenvalue weighted by molar-refractivity contribution is 0.0602. The Balaban J connectivity index is 2.13. The van der Waals surface area contributed by atoms with Gasteiger partial charge in [-0.2, -0.15) is 0 Å². The molecule has 0 atom stereocenters. The fourth-order valence-electron chi connectivity index (χ4n) is 1.79. The third kappa shape index (κ3) is 3.25. The number of methoxy groups -OCH3 is 1. The molecule has 0 spiro atoms. The summed E-state index contributed by atoms with van der Waals surface area (Å²) < 4.78 is 4.73. The smallest absolute Gasteiger partial charge is 0.339 e. The Bertz CT molecular complexity index is 581. The molecule has 0 bridgehead atoms. The summed E-state index contributed by atoms with van der Waals surface area (Å²) in [5.74, 6) is -0.153. The van der Waals surface area contributed by atoms with Crippen molar-refractivity contribution in [2.24, 2.45) is 0 Å². The molecule has 0 aromatic heterocycles. The van der Waals surface area contributed by atoms with Gasteiger partial charge < -0.3 is 15.2 Å². The second-order valence-corrected chi connectivity index (χ2v) is 4.06. The highest BCUT2D eigenvalue weighted by molar-refractivity contribution is 5.95. The molecule has 4 nitrogen and oxygen atoms in total. The van der Waals surface area contributed by atoms with Gasteiger partial charge in [0.05, 0.1) is 12.7 Å². The molecule has 4 heteroatoms. The van der Waals surface area contributed by atoms with Gasteiger partial charge in [0.1, 0.15) is 5.75 Å². The van der Waals surface area contributed by atoms with Crippen LogP contribution in [0.1, 0.15) is 15.9 Å². The standard InChI is InChI=1S/C15H15NO3/c1-19-15(18)13-7-2-3-8-14(13)16-10-11-5-4-6-12(17)9-11/h2-9,16-17H,10H2,1H3. The van der Waals surface area contributed by atoms with Crippen LogP contribution in [-0.4, -0.2) is 18.2 Å². The predicted molar refractivity (Wildman–Crippen MR) is 73.2 cm³/mol. The summed E-state index contributed by atoms with van der Waals surface area (Å²) >= 11 is 0. The predicted octanol–water partition coefficient (Wildman–Crippen LogP) is 2.79. The fraction of sp³-hybridized carbons (Fsp3) is 0.133. The van der Waals surface area contributed by atoms with Crippen LogP contribution in [-0.2, 0) is 11.3 Å². The molecule has 2 aromatic rings. The Kier molecular flexibility index (Phi) is 4.03. The van der Waals surface area contributed by atoms with E-state index >= 15 is 0 Å². The molecular weight excluding hydrogens is 242 g/mol. The van der Waals surface area contributed by atoms with Crippen molar-refractivity contribution >= 4 is 11.7 Å². The van der Waals surface area contributed by atoms with Crippen molar-refractivity contribution in [3.05, 3.63) is 59.7 Å². The molecule has 0 aliphatic carbocycles. The van der Waals surface area contributed by atoms with E-state index in [-0.39, 0.29) is 11.7 Å². The number of rotatable bonds is 4. The first-order chi connectivity index (χ1) is 9.20. The van der Waals surface area contributed by atoms with Gasteiger partial charge in [-0.1, -0.05) is 24.3 Å². The van der Waals surface area contributed by atoms with Crippen molar-refractivity contribution in [1.29, 1.82) is 0 Å². The molecule has 0 heterocycles. The van der Waals surface area contributed by atoms with Crippen LogP contribution in [0.2, 0.25) is 0 Å². The van der Waals surface area contributed by atoms with Crippen LogP contribution >= 0.6 is 0 Å². The van der Waals surface area contributed by atoms with Crippen molar-refractivity contribution in [3.8, 4) is 5.75 Å². The molecule has 0 saturated heterocycles. The van der Waals surface area contributed by atoms with Gasteiger partial charge in [-0.3, -0.25) is 0 Å². The largest absolute Gasteiger partial charge is 0.508 e. The van der Waals surface area contributed by atoms with Gasteiger partial charge in [-0.25, -0.2) is 4.79 Å². The molecular formula is C15H15NO3. The maximum absolute atomic E-state index is 11.6. The van der Waals surface area contributed by atoms with Gasteiger partial charge in [0, 0.05) is 12.2 Å². The zero-order chi connectivity index (χ0) is 13.7. The number of nitrogens with one attached hydrogen (secondary N) is 1. The van der Waals surface area contributed by atoms with E-state index in [0.717, 1.165) is 5.56 Å². The average molecular weight is 257 g/mol. The van der Waals surface area contributed by atoms with E-state index in [9.17, 15) is 9.90 Å². The second-order valence-electron chi connectivity index (χ2n) is 4.06. The number of aromatic hydroxyl groups is 1. The first-order valence-electron chi connectivity index (χ1n) is 5.90. The molecule has 0 unspecified atom stereocenters. The number of phenols is 1. The highest BCUT2D eigenvalue weighted by Gasteiger charge is 2.10. The maximum atomic E-state index is 11.6. The van der Waals surface area contributed by atoms with Gasteiger partial charge in [-0.15, -0.1) is 0 Å². The number of esters is 1. The zero-order valence-electron chi connectivity index (χ0n) is 10.6. The molecule has 0 saturated carbocycles.